The van der Waals surface area contributed by atoms with E-state index in [1.807, 2.05) is 43.4 Å². The number of aliphatic hydroxyl groups is 1. The van der Waals surface area contributed by atoms with Crippen LogP contribution >= 0.6 is 0 Å². The number of hydrogen-bond donors (Lipinski definition) is 2. The molecule has 24 heavy (non-hydrogen) atoms. The number of ketones is 1. The van der Waals surface area contributed by atoms with Crippen molar-refractivity contribution in [3.63, 3.8) is 0 Å². The highest BCUT2D eigenvalue weighted by atomic mass is 16.4. The molecule has 2 N–H and O–H groups in total. The maximum atomic E-state index is 11.9. The molecule has 0 aromatic rings. The van der Waals surface area contributed by atoms with Crippen LogP contribution in [-0.4, -0.2) is 28.1 Å². The van der Waals surface area contributed by atoms with Gasteiger partial charge in [0, 0.05) is 18.3 Å². The third kappa shape index (κ3) is 8.06. The van der Waals surface area contributed by atoms with Gasteiger partial charge in [0.1, 0.15) is 0 Å². The van der Waals surface area contributed by atoms with Crippen LogP contribution < -0.4 is 0 Å². The molecule has 0 saturated heterocycles. The Morgan fingerprint density at radius 3 is 2.79 bits per heavy atom. The Hall–Kier alpha value is -1.94. The highest BCUT2D eigenvalue weighted by Gasteiger charge is 2.27. The fraction of sp³-hybridized carbons (Fsp3) is 0.500. The largest absolute Gasteiger partial charge is 0.481 e. The van der Waals surface area contributed by atoms with Gasteiger partial charge in [0.25, 0.3) is 0 Å². The van der Waals surface area contributed by atoms with E-state index in [1.54, 1.807) is 12.2 Å². The number of unbranched alkanes of at least 4 members (excludes halogenated alkanes) is 1. The van der Waals surface area contributed by atoms with E-state index in [4.69, 9.17) is 5.11 Å². The van der Waals surface area contributed by atoms with Gasteiger partial charge in [-0.05, 0) is 38.2 Å². The fourth-order valence-electron chi connectivity index (χ4n) is 2.59. The summed E-state index contributed by atoms with van der Waals surface area (Å²) in [5.41, 5.74) is 0. The van der Waals surface area contributed by atoms with Gasteiger partial charge in [-0.2, -0.15) is 0 Å². The number of aliphatic carboxylic acids is 1. The van der Waals surface area contributed by atoms with Gasteiger partial charge < -0.3 is 10.2 Å². The van der Waals surface area contributed by atoms with Crippen LogP contribution in [0.25, 0.3) is 0 Å². The van der Waals surface area contributed by atoms with Gasteiger partial charge in [0.05, 0.1) is 6.10 Å². The van der Waals surface area contributed by atoms with Gasteiger partial charge in [-0.1, -0.05) is 49.5 Å². The lowest BCUT2D eigenvalue weighted by atomic mass is 9.90. The minimum atomic E-state index is -0.781. The third-order valence-corrected chi connectivity index (χ3v) is 3.97. The first kappa shape index (κ1) is 20.1. The van der Waals surface area contributed by atoms with E-state index in [-0.39, 0.29) is 24.0 Å². The summed E-state index contributed by atoms with van der Waals surface area (Å²) in [4.78, 5) is 22.4. The number of allylic oxidation sites excluding steroid dienone is 6. The zero-order valence-electron chi connectivity index (χ0n) is 14.3. The summed E-state index contributed by atoms with van der Waals surface area (Å²) >= 11 is 0. The first-order valence-electron chi connectivity index (χ1n) is 8.64. The number of hydrogen-bond acceptors (Lipinski definition) is 3. The van der Waals surface area contributed by atoms with Crippen molar-refractivity contribution in [3.8, 4) is 0 Å². The highest BCUT2D eigenvalue weighted by Crippen LogP contribution is 2.27. The summed E-state index contributed by atoms with van der Waals surface area (Å²) in [5, 5.41) is 18.5. The normalized spacial score (nSPS) is 22.3. The van der Waals surface area contributed by atoms with Gasteiger partial charge >= 0.3 is 5.97 Å². The lowest BCUT2D eigenvalue weighted by Gasteiger charge is -2.13. The molecule has 0 radical (unpaired) electrons. The second-order valence-electron chi connectivity index (χ2n) is 6.01. The van der Waals surface area contributed by atoms with Gasteiger partial charge in [-0.25, -0.2) is 0 Å². The molecule has 0 bridgehead atoms. The molecule has 4 heteroatoms. The van der Waals surface area contributed by atoms with Gasteiger partial charge in [-0.15, -0.1) is 0 Å². The molecule has 0 aromatic heterocycles. The van der Waals surface area contributed by atoms with E-state index in [1.165, 1.54) is 0 Å². The van der Waals surface area contributed by atoms with Gasteiger partial charge in [-0.3, -0.25) is 9.59 Å². The summed E-state index contributed by atoms with van der Waals surface area (Å²) < 4.78 is 0. The smallest absolute Gasteiger partial charge is 0.303 e. The van der Waals surface area contributed by atoms with Crippen LogP contribution in [0.1, 0.15) is 45.4 Å². The molecule has 0 fully saturated rings. The van der Waals surface area contributed by atoms with Gasteiger partial charge in [0.2, 0.25) is 0 Å². The monoisotopic (exact) mass is 332 g/mol. The predicted molar refractivity (Wildman–Crippen MR) is 95.6 cm³/mol. The minimum Gasteiger partial charge on any atom is -0.481 e. The molecule has 0 aliphatic heterocycles. The van der Waals surface area contributed by atoms with Crippen LogP contribution in [-0.2, 0) is 9.59 Å². The molecule has 3 atom stereocenters. The quantitative estimate of drug-likeness (QED) is 0.445. The first-order valence-corrected chi connectivity index (χ1v) is 8.64. The molecule has 1 aliphatic carbocycles. The summed E-state index contributed by atoms with van der Waals surface area (Å²) in [6.45, 7) is 2.05. The number of rotatable bonds is 11. The fourth-order valence-corrected chi connectivity index (χ4v) is 2.59. The number of carboxylic acid groups (broad SMARTS) is 1. The van der Waals surface area contributed by atoms with E-state index >= 15 is 0 Å². The minimum absolute atomic E-state index is 0.0194. The summed E-state index contributed by atoms with van der Waals surface area (Å²) in [6.07, 6.45) is 18.2. The van der Waals surface area contributed by atoms with Crippen LogP contribution in [0.4, 0.5) is 0 Å². The number of aliphatic hydroxyl groups excluding tert-OH is 1. The van der Waals surface area contributed by atoms with Crippen LogP contribution in [0.15, 0.2) is 48.6 Å². The number of carboxylic acids is 1. The lowest BCUT2D eigenvalue weighted by molar-refractivity contribution is -0.137. The molecule has 0 saturated carbocycles. The molecular weight excluding hydrogens is 304 g/mol. The molecule has 4 nitrogen and oxygen atoms in total. The second kappa shape index (κ2) is 11.6. The van der Waals surface area contributed by atoms with Crippen molar-refractivity contribution in [1.29, 1.82) is 0 Å². The maximum absolute atomic E-state index is 11.9. The maximum Gasteiger partial charge on any atom is 0.303 e. The summed E-state index contributed by atoms with van der Waals surface area (Å²) in [5.74, 6) is -0.766. The van der Waals surface area contributed by atoms with E-state index in [9.17, 15) is 14.7 Å². The molecule has 132 valence electrons. The predicted octanol–water partition coefficient (Wildman–Crippen LogP) is 3.83. The van der Waals surface area contributed by atoms with Crippen molar-refractivity contribution in [1.82, 2.24) is 0 Å². The molecule has 0 spiro atoms. The lowest BCUT2D eigenvalue weighted by Crippen LogP contribution is -2.14. The molecular formula is C20H28O4. The number of carbonyl (C=O) groups excluding carboxylic acids is 1. The Bertz CT molecular complexity index is 514. The summed E-state index contributed by atoms with van der Waals surface area (Å²) in [6, 6.07) is 0. The van der Waals surface area contributed by atoms with Crippen LogP contribution in [0.2, 0.25) is 0 Å². The van der Waals surface area contributed by atoms with Crippen molar-refractivity contribution in [2.45, 2.75) is 51.6 Å². The van der Waals surface area contributed by atoms with E-state index < -0.39 is 12.1 Å². The van der Waals surface area contributed by atoms with Crippen molar-refractivity contribution >= 4 is 11.8 Å². The zero-order chi connectivity index (χ0) is 17.8. The Labute approximate surface area is 144 Å². The van der Waals surface area contributed by atoms with Crippen LogP contribution in [0.3, 0.4) is 0 Å². The molecule has 0 heterocycles. The van der Waals surface area contributed by atoms with Gasteiger partial charge in [0.15, 0.2) is 5.78 Å². The SMILES string of the molecule is CC/C=C\C[C@H](O)/C=C/[C@H]1C=CC(=O)C1C/C=C\CCCC(=O)O. The second-order valence-corrected chi connectivity index (χ2v) is 6.01. The van der Waals surface area contributed by atoms with Crippen LogP contribution in [0.5, 0.6) is 0 Å². The first-order chi connectivity index (χ1) is 11.5. The molecule has 0 aromatic carbocycles. The van der Waals surface area contributed by atoms with Crippen LogP contribution in [0, 0.1) is 11.8 Å². The average Bonchev–Trinajstić information content (AvgIpc) is 2.89. The van der Waals surface area contributed by atoms with E-state index in [2.05, 4.69) is 0 Å². The Morgan fingerprint density at radius 1 is 1.29 bits per heavy atom. The van der Waals surface area contributed by atoms with Crippen molar-refractivity contribution < 1.29 is 19.8 Å². The molecule has 1 rings (SSSR count). The van der Waals surface area contributed by atoms with Crippen molar-refractivity contribution in [2.24, 2.45) is 11.8 Å². The number of carbonyl (C=O) groups is 2. The Balaban J connectivity index is 2.42. The topological polar surface area (TPSA) is 74.6 Å². The Kier molecular flexibility index (Phi) is 9.70. The van der Waals surface area contributed by atoms with E-state index in [0.717, 1.165) is 6.42 Å². The Morgan fingerprint density at radius 2 is 2.08 bits per heavy atom. The molecule has 1 aliphatic rings. The zero-order valence-corrected chi connectivity index (χ0v) is 14.3. The summed E-state index contributed by atoms with van der Waals surface area (Å²) in [7, 11) is 0. The van der Waals surface area contributed by atoms with Crippen molar-refractivity contribution in [3.05, 3.63) is 48.6 Å². The van der Waals surface area contributed by atoms with Crippen molar-refractivity contribution in [2.75, 3.05) is 0 Å². The third-order valence-electron chi connectivity index (χ3n) is 3.97. The highest BCUT2D eigenvalue weighted by molar-refractivity contribution is 5.95. The molecule has 1 unspecified atom stereocenters. The van der Waals surface area contributed by atoms with E-state index in [0.29, 0.717) is 25.7 Å². The molecule has 0 amide bonds. The standard InChI is InChI=1S/C20H28O4/c1-2-3-6-9-17(21)14-12-16-13-15-19(22)18(16)10-7-4-5-8-11-20(23)24/h3-4,6-7,12-18,21H,2,5,8-11H2,1H3,(H,23,24)/b6-3-,7-4-,14-12+/t16-,17-,18?/m0/s1. The average molecular weight is 332 g/mol.